The molecule has 0 saturated heterocycles. The molecule has 2 aliphatic heterocycles. The average molecular weight is 518 g/mol. The van der Waals surface area contributed by atoms with Gasteiger partial charge in [-0.3, -0.25) is 0 Å². The lowest BCUT2D eigenvalue weighted by atomic mass is 9.29. The first kappa shape index (κ1) is 22.5. The van der Waals surface area contributed by atoms with Gasteiger partial charge in [0.2, 0.25) is 6.71 Å². The number of aromatic nitrogens is 1. The van der Waals surface area contributed by atoms with Crippen LogP contribution in [0.4, 0.5) is 0 Å². The lowest BCUT2D eigenvalue weighted by Gasteiger charge is -2.46. The van der Waals surface area contributed by atoms with Crippen LogP contribution in [0.5, 0.6) is 0 Å². The Kier molecular flexibility index (Phi) is 4.44. The Hall–Kier alpha value is -5.33. The second-order valence-electron chi connectivity index (χ2n) is 11.2. The topological polar surface area (TPSA) is 28.7 Å². The van der Waals surface area contributed by atoms with Crippen LogP contribution in [0.3, 0.4) is 0 Å². The molecule has 6 aromatic carbocycles. The lowest BCUT2D eigenvalue weighted by molar-refractivity contribution is 0.751. The van der Waals surface area contributed by atoms with Crippen molar-refractivity contribution in [2.75, 3.05) is 0 Å². The first-order chi connectivity index (χ1) is 20.3. The fraction of sp³-hybridized carbons (Fsp3) is 0.0263. The monoisotopic (exact) mass is 518 g/mol. The van der Waals surface area contributed by atoms with Crippen LogP contribution in [-0.2, 0) is 5.41 Å². The van der Waals surface area contributed by atoms with Crippen LogP contribution in [0.25, 0.3) is 27.5 Å². The summed E-state index contributed by atoms with van der Waals surface area (Å²) >= 11 is 0. The second kappa shape index (κ2) is 8.10. The highest BCUT2D eigenvalue weighted by molar-refractivity contribution is 6.99. The van der Waals surface area contributed by atoms with Gasteiger partial charge in [-0.1, -0.05) is 121 Å². The normalized spacial score (nSPS) is 14.0. The maximum atomic E-state index is 9.76. The van der Waals surface area contributed by atoms with E-state index in [4.69, 9.17) is 0 Å². The van der Waals surface area contributed by atoms with Gasteiger partial charge in [-0.15, -0.1) is 0 Å². The second-order valence-corrected chi connectivity index (χ2v) is 11.2. The van der Waals surface area contributed by atoms with E-state index in [1.165, 1.54) is 55.2 Å². The summed E-state index contributed by atoms with van der Waals surface area (Å²) in [6.45, 7) is 0.105. The Morgan fingerprint density at radius 1 is 0.585 bits per heavy atom. The zero-order chi connectivity index (χ0) is 27.1. The van der Waals surface area contributed by atoms with Crippen LogP contribution in [0, 0.1) is 11.3 Å². The standard InChI is InChI=1S/C38H23BN2/c40-24-25-19-22-34-29(23-25)28-20-21-31-36-37(28)41(34)35-18-10-9-17-33(35)39(36)32-16-8-7-15-30(32)38(31,26-11-3-1-4-12-26)27-13-5-2-6-14-27/h1-23H. The number of rotatable bonds is 2. The molecule has 7 aromatic rings. The molecular weight excluding hydrogens is 495 g/mol. The van der Waals surface area contributed by atoms with Crippen molar-refractivity contribution in [3.8, 4) is 11.8 Å². The summed E-state index contributed by atoms with van der Waals surface area (Å²) in [7, 11) is 0. The van der Waals surface area contributed by atoms with E-state index in [9.17, 15) is 5.26 Å². The zero-order valence-corrected chi connectivity index (χ0v) is 22.3. The number of hydrogen-bond acceptors (Lipinski definition) is 1. The van der Waals surface area contributed by atoms with Gasteiger partial charge in [-0.2, -0.15) is 5.26 Å². The molecule has 3 heterocycles. The minimum absolute atomic E-state index is 0.105. The lowest BCUT2D eigenvalue weighted by Crippen LogP contribution is -2.64. The van der Waals surface area contributed by atoms with E-state index in [1.54, 1.807) is 0 Å². The predicted octanol–water partition coefficient (Wildman–Crippen LogP) is 6.18. The van der Waals surface area contributed by atoms with Gasteiger partial charge in [0.05, 0.1) is 22.6 Å². The number of nitriles is 1. The maximum Gasteiger partial charge on any atom is 0.247 e. The molecule has 0 saturated carbocycles. The Labute approximate surface area is 238 Å². The molecule has 0 aliphatic carbocycles. The van der Waals surface area contributed by atoms with Crippen molar-refractivity contribution in [3.63, 3.8) is 0 Å². The molecule has 0 N–H and O–H groups in total. The van der Waals surface area contributed by atoms with Gasteiger partial charge >= 0.3 is 0 Å². The van der Waals surface area contributed by atoms with E-state index in [-0.39, 0.29) is 6.71 Å². The van der Waals surface area contributed by atoms with Gasteiger partial charge < -0.3 is 4.57 Å². The summed E-state index contributed by atoms with van der Waals surface area (Å²) in [5.74, 6) is 0. The smallest absolute Gasteiger partial charge is 0.247 e. The minimum Gasteiger partial charge on any atom is -0.310 e. The van der Waals surface area contributed by atoms with Gasteiger partial charge in [0.25, 0.3) is 0 Å². The number of para-hydroxylation sites is 1. The Morgan fingerprint density at radius 3 is 1.98 bits per heavy atom. The van der Waals surface area contributed by atoms with E-state index in [0.29, 0.717) is 5.56 Å². The van der Waals surface area contributed by atoms with Gasteiger partial charge in [0.15, 0.2) is 0 Å². The number of hydrogen-bond donors (Lipinski definition) is 0. The van der Waals surface area contributed by atoms with Gasteiger partial charge in [0.1, 0.15) is 0 Å². The van der Waals surface area contributed by atoms with Gasteiger partial charge in [-0.25, -0.2) is 0 Å². The first-order valence-electron chi connectivity index (χ1n) is 14.1. The first-order valence-corrected chi connectivity index (χ1v) is 14.1. The Balaban J connectivity index is 1.56. The predicted molar refractivity (Wildman–Crippen MR) is 168 cm³/mol. The van der Waals surface area contributed by atoms with Crippen molar-refractivity contribution < 1.29 is 0 Å². The maximum absolute atomic E-state index is 9.76. The van der Waals surface area contributed by atoms with E-state index in [1.807, 2.05) is 6.07 Å². The summed E-state index contributed by atoms with van der Waals surface area (Å²) < 4.78 is 2.45. The van der Waals surface area contributed by atoms with Crippen molar-refractivity contribution in [1.29, 1.82) is 5.26 Å². The highest BCUT2D eigenvalue weighted by atomic mass is 15.0. The molecule has 188 valence electrons. The summed E-state index contributed by atoms with van der Waals surface area (Å²) in [6, 6.07) is 53.1. The van der Waals surface area contributed by atoms with Crippen LogP contribution < -0.4 is 16.4 Å². The highest BCUT2D eigenvalue weighted by Gasteiger charge is 2.50. The molecule has 3 heteroatoms. The van der Waals surface area contributed by atoms with Crippen molar-refractivity contribution in [2.45, 2.75) is 5.41 Å². The van der Waals surface area contributed by atoms with Crippen LogP contribution in [-0.4, -0.2) is 11.3 Å². The molecule has 0 spiro atoms. The van der Waals surface area contributed by atoms with Crippen molar-refractivity contribution >= 4 is 44.9 Å². The molecule has 9 rings (SSSR count). The third-order valence-electron chi connectivity index (χ3n) is 9.37. The largest absolute Gasteiger partial charge is 0.310 e. The number of fused-ring (bicyclic) bond motifs is 8. The van der Waals surface area contributed by atoms with E-state index >= 15 is 0 Å². The van der Waals surface area contributed by atoms with Crippen molar-refractivity contribution in [2.24, 2.45) is 0 Å². The average Bonchev–Trinajstić information content (AvgIpc) is 3.39. The molecule has 0 radical (unpaired) electrons. The molecule has 1 aromatic heterocycles. The van der Waals surface area contributed by atoms with Crippen LogP contribution >= 0.6 is 0 Å². The van der Waals surface area contributed by atoms with Crippen molar-refractivity contribution in [3.05, 3.63) is 167 Å². The molecule has 0 fully saturated rings. The minimum atomic E-state index is -0.482. The SMILES string of the molecule is N#Cc1ccc2c(c1)c1ccc3c4c1n2-c1ccccc1B4c1ccccc1C3(c1ccccc1)c1ccccc1. The molecule has 2 nitrogen and oxygen atoms in total. The van der Waals surface area contributed by atoms with E-state index < -0.39 is 5.41 Å². The molecule has 0 atom stereocenters. The molecular formula is C38H23BN2. The zero-order valence-electron chi connectivity index (χ0n) is 22.3. The van der Waals surface area contributed by atoms with Crippen LogP contribution in [0.15, 0.2) is 140 Å². The quantitative estimate of drug-likeness (QED) is 0.251. The summed E-state index contributed by atoms with van der Waals surface area (Å²) in [6.07, 6.45) is 0. The Morgan fingerprint density at radius 2 is 1.24 bits per heavy atom. The molecule has 0 unspecified atom stereocenters. The Bertz CT molecular complexity index is 2180. The molecule has 0 amide bonds. The van der Waals surface area contributed by atoms with Gasteiger partial charge in [0, 0.05) is 22.0 Å². The fourth-order valence-electron chi connectivity index (χ4n) is 7.89. The number of nitrogens with zero attached hydrogens (tertiary/aromatic N) is 2. The van der Waals surface area contributed by atoms with Crippen LogP contribution in [0.1, 0.15) is 27.8 Å². The molecule has 41 heavy (non-hydrogen) atoms. The molecule has 0 bridgehead atoms. The van der Waals surface area contributed by atoms with Crippen molar-refractivity contribution in [1.82, 2.24) is 4.57 Å². The fourth-order valence-corrected chi connectivity index (χ4v) is 7.89. The summed E-state index contributed by atoms with van der Waals surface area (Å²) in [5, 5.41) is 12.1. The van der Waals surface area contributed by atoms with Gasteiger partial charge in [-0.05, 0) is 57.4 Å². The van der Waals surface area contributed by atoms with E-state index in [2.05, 4.69) is 144 Å². The third kappa shape index (κ3) is 2.72. The van der Waals surface area contributed by atoms with Crippen LogP contribution in [0.2, 0.25) is 0 Å². The van der Waals surface area contributed by atoms with E-state index in [0.717, 1.165) is 10.9 Å². The summed E-state index contributed by atoms with van der Waals surface area (Å²) in [5.41, 5.74) is 13.0. The molecule has 2 aliphatic rings. The third-order valence-corrected chi connectivity index (χ3v) is 9.37. The highest BCUT2D eigenvalue weighted by Crippen LogP contribution is 2.48. The number of benzene rings is 6. The summed E-state index contributed by atoms with van der Waals surface area (Å²) in [4.78, 5) is 0.